The fourth-order valence-electron chi connectivity index (χ4n) is 3.10. The molecule has 0 saturated carbocycles. The highest BCUT2D eigenvalue weighted by molar-refractivity contribution is 7.85. The van der Waals surface area contributed by atoms with E-state index >= 15 is 0 Å². The minimum absolute atomic E-state index is 0. The van der Waals surface area contributed by atoms with Gasteiger partial charge in [0.25, 0.3) is 0 Å². The summed E-state index contributed by atoms with van der Waals surface area (Å²) in [6.07, 6.45) is 8.51. The van der Waals surface area contributed by atoms with E-state index in [1.165, 1.54) is 0 Å². The SMILES string of the molecule is C=Cc1ccc(Cc2cc(-c3cc[nH+]cc3)cc[n+]2CCCS(=O)(=O)[O-])cc1.[Cl-]. The molecule has 0 fully saturated rings. The molecular formula is C22H23ClN2O3S. The van der Waals surface area contributed by atoms with Gasteiger partial charge in [0.2, 0.25) is 0 Å². The first-order chi connectivity index (χ1) is 13.4. The molecule has 3 rings (SSSR count). The highest BCUT2D eigenvalue weighted by atomic mass is 35.5. The predicted octanol–water partition coefficient (Wildman–Crippen LogP) is -0.372. The number of halogens is 1. The van der Waals surface area contributed by atoms with Crippen molar-refractivity contribution in [1.29, 1.82) is 0 Å². The first kappa shape index (κ1) is 22.7. The zero-order valence-corrected chi connectivity index (χ0v) is 17.5. The smallest absolute Gasteiger partial charge is 0.186 e. The lowest BCUT2D eigenvalue weighted by molar-refractivity contribution is -0.703. The zero-order valence-electron chi connectivity index (χ0n) is 15.9. The molecule has 0 bridgehead atoms. The molecule has 2 heterocycles. The molecule has 1 aromatic carbocycles. The molecule has 1 N–H and O–H groups in total. The Balaban J connectivity index is 0.00000300. The first-order valence-electron chi connectivity index (χ1n) is 9.08. The molecule has 29 heavy (non-hydrogen) atoms. The van der Waals surface area contributed by atoms with Gasteiger partial charge >= 0.3 is 0 Å². The third-order valence-electron chi connectivity index (χ3n) is 4.57. The molecule has 152 valence electrons. The lowest BCUT2D eigenvalue weighted by atomic mass is 10.0. The van der Waals surface area contributed by atoms with E-state index in [1.54, 1.807) is 6.08 Å². The van der Waals surface area contributed by atoms with Crippen molar-refractivity contribution in [3.8, 4) is 11.1 Å². The molecule has 0 amide bonds. The first-order valence-corrected chi connectivity index (χ1v) is 10.7. The summed E-state index contributed by atoms with van der Waals surface area (Å²) in [6.45, 7) is 4.25. The fourth-order valence-corrected chi connectivity index (χ4v) is 3.58. The lowest BCUT2D eigenvalue weighted by Crippen LogP contribution is -3.00. The van der Waals surface area contributed by atoms with Crippen molar-refractivity contribution in [2.45, 2.75) is 19.4 Å². The van der Waals surface area contributed by atoms with Crippen molar-refractivity contribution in [2.75, 3.05) is 5.75 Å². The number of nitrogens with one attached hydrogen (secondary N) is 1. The molecule has 0 radical (unpaired) electrons. The topological polar surface area (TPSA) is 75.2 Å². The zero-order chi connectivity index (χ0) is 20.0. The Hall–Kier alpha value is -2.54. The van der Waals surface area contributed by atoms with Gasteiger partial charge in [-0.25, -0.2) is 18.0 Å². The molecule has 0 saturated heterocycles. The maximum atomic E-state index is 10.9. The van der Waals surface area contributed by atoms with Gasteiger partial charge in [-0.15, -0.1) is 0 Å². The van der Waals surface area contributed by atoms with Crippen molar-refractivity contribution in [3.05, 3.63) is 90.5 Å². The van der Waals surface area contributed by atoms with Crippen LogP contribution in [0.25, 0.3) is 17.2 Å². The van der Waals surface area contributed by atoms with Gasteiger partial charge in [0.1, 0.15) is 6.54 Å². The van der Waals surface area contributed by atoms with Crippen LogP contribution in [0.2, 0.25) is 0 Å². The van der Waals surface area contributed by atoms with Crippen molar-refractivity contribution < 1.29 is 34.9 Å². The molecule has 2 aromatic heterocycles. The van der Waals surface area contributed by atoms with E-state index in [9.17, 15) is 13.0 Å². The molecule has 0 aliphatic carbocycles. The quantitative estimate of drug-likeness (QED) is 0.361. The van der Waals surface area contributed by atoms with Crippen LogP contribution in [-0.2, 0) is 23.1 Å². The Morgan fingerprint density at radius 2 is 1.72 bits per heavy atom. The van der Waals surface area contributed by atoms with Gasteiger partial charge in [-0.2, -0.15) is 0 Å². The van der Waals surface area contributed by atoms with Crippen LogP contribution < -0.4 is 22.0 Å². The maximum Gasteiger partial charge on any atom is 0.186 e. The van der Waals surface area contributed by atoms with E-state index in [2.05, 4.69) is 29.8 Å². The third-order valence-corrected chi connectivity index (χ3v) is 5.36. The number of hydrogen-bond acceptors (Lipinski definition) is 3. The second-order valence-corrected chi connectivity index (χ2v) is 8.15. The lowest BCUT2D eigenvalue weighted by Gasteiger charge is -2.09. The summed E-state index contributed by atoms with van der Waals surface area (Å²) in [6, 6.07) is 16.3. The molecule has 5 nitrogen and oxygen atoms in total. The summed E-state index contributed by atoms with van der Waals surface area (Å²) in [4.78, 5) is 3.02. The van der Waals surface area contributed by atoms with E-state index in [-0.39, 0.29) is 18.2 Å². The van der Waals surface area contributed by atoms with Crippen LogP contribution in [0.3, 0.4) is 0 Å². The number of pyridine rings is 2. The number of aromatic nitrogens is 2. The molecule has 0 unspecified atom stereocenters. The average molecular weight is 431 g/mol. The largest absolute Gasteiger partial charge is 1.00 e. The summed E-state index contributed by atoms with van der Waals surface area (Å²) in [7, 11) is -4.20. The van der Waals surface area contributed by atoms with Crippen molar-refractivity contribution >= 4 is 16.2 Å². The fraction of sp³-hybridized carbons (Fsp3) is 0.182. The number of aryl methyl sites for hydroxylation is 1. The average Bonchev–Trinajstić information content (AvgIpc) is 2.69. The van der Waals surface area contributed by atoms with Crippen LogP contribution >= 0.6 is 0 Å². The van der Waals surface area contributed by atoms with Crippen LogP contribution in [0.1, 0.15) is 23.2 Å². The van der Waals surface area contributed by atoms with Crippen molar-refractivity contribution in [2.24, 2.45) is 0 Å². The summed E-state index contributed by atoms with van der Waals surface area (Å²) in [5.41, 5.74) is 5.44. The number of rotatable bonds is 8. The highest BCUT2D eigenvalue weighted by Crippen LogP contribution is 2.19. The Morgan fingerprint density at radius 3 is 2.34 bits per heavy atom. The van der Waals surface area contributed by atoms with Crippen LogP contribution in [0.4, 0.5) is 0 Å². The summed E-state index contributed by atoms with van der Waals surface area (Å²) >= 11 is 0. The van der Waals surface area contributed by atoms with Gasteiger partial charge in [-0.3, -0.25) is 0 Å². The monoisotopic (exact) mass is 430 g/mol. The van der Waals surface area contributed by atoms with Gasteiger partial charge < -0.3 is 17.0 Å². The number of benzene rings is 1. The summed E-state index contributed by atoms with van der Waals surface area (Å²) < 4.78 is 34.8. The minimum Gasteiger partial charge on any atom is -1.00 e. The van der Waals surface area contributed by atoms with Gasteiger partial charge in [0.15, 0.2) is 24.3 Å². The molecule has 0 atom stereocenters. The van der Waals surface area contributed by atoms with E-state index < -0.39 is 10.1 Å². The van der Waals surface area contributed by atoms with Crippen LogP contribution in [0, 0.1) is 0 Å². The van der Waals surface area contributed by atoms with Crippen LogP contribution in [0.5, 0.6) is 0 Å². The predicted molar refractivity (Wildman–Crippen MR) is 107 cm³/mol. The second kappa shape index (κ2) is 10.3. The number of hydrogen-bond donors (Lipinski definition) is 0. The number of H-pyrrole nitrogens is 1. The van der Waals surface area contributed by atoms with Gasteiger partial charge in [0, 0.05) is 36.4 Å². The van der Waals surface area contributed by atoms with E-state index in [0.29, 0.717) is 19.4 Å². The van der Waals surface area contributed by atoms with Gasteiger partial charge in [-0.05, 0) is 22.3 Å². The Labute approximate surface area is 177 Å². The van der Waals surface area contributed by atoms with E-state index in [4.69, 9.17) is 0 Å². The molecule has 0 aliphatic heterocycles. The molecule has 7 heteroatoms. The van der Waals surface area contributed by atoms with Gasteiger partial charge in [-0.1, -0.05) is 36.9 Å². The van der Waals surface area contributed by atoms with Crippen molar-refractivity contribution in [3.63, 3.8) is 0 Å². The van der Waals surface area contributed by atoms with Gasteiger partial charge in [0.05, 0.1) is 16.5 Å². The minimum atomic E-state index is -4.20. The van der Waals surface area contributed by atoms with E-state index in [0.717, 1.165) is 27.9 Å². The van der Waals surface area contributed by atoms with Crippen LogP contribution in [-0.4, -0.2) is 18.7 Å². The molecule has 0 aliphatic rings. The maximum absolute atomic E-state index is 10.9. The number of nitrogens with zero attached hydrogens (tertiary/aromatic N) is 1. The van der Waals surface area contributed by atoms with E-state index in [1.807, 2.05) is 53.5 Å². The van der Waals surface area contributed by atoms with Crippen molar-refractivity contribution in [1.82, 2.24) is 0 Å². The third kappa shape index (κ3) is 6.78. The Kier molecular flexibility index (Phi) is 8.08. The molecule has 0 spiro atoms. The van der Waals surface area contributed by atoms with Crippen LogP contribution in [0.15, 0.2) is 73.7 Å². The summed E-state index contributed by atoms with van der Waals surface area (Å²) in [5.74, 6) is -0.357. The normalized spacial score (nSPS) is 10.9. The molecular weight excluding hydrogens is 408 g/mol. The Bertz CT molecular complexity index is 1050. The number of aromatic amines is 1. The highest BCUT2D eigenvalue weighted by Gasteiger charge is 2.14. The Morgan fingerprint density at radius 1 is 1.03 bits per heavy atom. The molecule has 3 aromatic rings. The second-order valence-electron chi connectivity index (χ2n) is 6.63. The standard InChI is InChI=1S/C22H22N2O3S.ClH/c1-2-18-4-6-19(7-5-18)16-22-17-21(20-8-11-23-12-9-20)10-14-24(22)13-3-15-28(25,26)27;/h2,4-12,14,17H,1,3,13,15-16H2;1H. The summed E-state index contributed by atoms with van der Waals surface area (Å²) in [5, 5.41) is 0.